The third-order valence-electron chi connectivity index (χ3n) is 3.58. The highest BCUT2D eigenvalue weighted by Crippen LogP contribution is 2.25. The Morgan fingerprint density at radius 1 is 0.960 bits per heavy atom. The average Bonchev–Trinajstić information content (AvgIpc) is 3.13. The fourth-order valence-electron chi connectivity index (χ4n) is 2.43. The number of aromatic nitrogens is 4. The summed E-state index contributed by atoms with van der Waals surface area (Å²) in [7, 11) is 6.00. The third kappa shape index (κ3) is 3.17. The van der Waals surface area contributed by atoms with Crippen molar-refractivity contribution >= 4 is 13.3 Å². The minimum absolute atomic E-state index is 0.278. The zero-order chi connectivity index (χ0) is 17.2. The Balaban J connectivity index is 1.73. The SMILES string of the molecule is [B]c1cc(-c2cccnc2)cc(-c2nc(-c3ccc(F)cn3)no2)c1. The highest BCUT2D eigenvalue weighted by Gasteiger charge is 2.13. The van der Waals surface area contributed by atoms with E-state index in [1.54, 1.807) is 18.5 Å². The van der Waals surface area contributed by atoms with Crippen LogP contribution >= 0.6 is 0 Å². The van der Waals surface area contributed by atoms with E-state index in [1.165, 1.54) is 12.1 Å². The summed E-state index contributed by atoms with van der Waals surface area (Å²) in [5, 5.41) is 3.90. The Morgan fingerprint density at radius 3 is 2.60 bits per heavy atom. The lowest BCUT2D eigenvalue weighted by molar-refractivity contribution is 0.432. The molecule has 5 nitrogen and oxygen atoms in total. The fourth-order valence-corrected chi connectivity index (χ4v) is 2.43. The van der Waals surface area contributed by atoms with Gasteiger partial charge in [0, 0.05) is 18.0 Å². The molecule has 0 aliphatic rings. The molecule has 4 aromatic rings. The molecular formula is C18H10BFN4O. The van der Waals surface area contributed by atoms with Crippen LogP contribution in [0, 0.1) is 5.82 Å². The number of hydrogen-bond acceptors (Lipinski definition) is 5. The van der Waals surface area contributed by atoms with Gasteiger partial charge in [0.1, 0.15) is 19.4 Å². The van der Waals surface area contributed by atoms with Crippen LogP contribution in [-0.4, -0.2) is 28.0 Å². The van der Waals surface area contributed by atoms with Crippen LogP contribution in [0.4, 0.5) is 4.39 Å². The number of halogens is 1. The van der Waals surface area contributed by atoms with Gasteiger partial charge in [-0.1, -0.05) is 28.8 Å². The van der Waals surface area contributed by atoms with Crippen molar-refractivity contribution in [1.82, 2.24) is 20.1 Å². The van der Waals surface area contributed by atoms with Crippen LogP contribution in [0.5, 0.6) is 0 Å². The molecule has 0 bridgehead atoms. The lowest BCUT2D eigenvalue weighted by Gasteiger charge is -2.05. The molecule has 0 spiro atoms. The predicted octanol–water partition coefficient (Wildman–Crippen LogP) is 2.79. The molecule has 4 rings (SSSR count). The summed E-state index contributed by atoms with van der Waals surface area (Å²) < 4.78 is 18.3. The molecule has 118 valence electrons. The van der Waals surface area contributed by atoms with Gasteiger partial charge in [-0.25, -0.2) is 9.37 Å². The van der Waals surface area contributed by atoms with E-state index < -0.39 is 5.82 Å². The van der Waals surface area contributed by atoms with Crippen molar-refractivity contribution < 1.29 is 8.91 Å². The molecule has 3 heterocycles. The van der Waals surface area contributed by atoms with Gasteiger partial charge >= 0.3 is 0 Å². The molecule has 0 aliphatic carbocycles. The van der Waals surface area contributed by atoms with E-state index in [-0.39, 0.29) is 5.82 Å². The van der Waals surface area contributed by atoms with E-state index in [4.69, 9.17) is 12.4 Å². The third-order valence-corrected chi connectivity index (χ3v) is 3.58. The van der Waals surface area contributed by atoms with Crippen molar-refractivity contribution in [2.24, 2.45) is 0 Å². The molecule has 0 amide bonds. The van der Waals surface area contributed by atoms with E-state index in [2.05, 4.69) is 20.1 Å². The summed E-state index contributed by atoms with van der Waals surface area (Å²) in [5.41, 5.74) is 3.49. The normalized spacial score (nSPS) is 10.8. The topological polar surface area (TPSA) is 64.7 Å². The number of benzene rings is 1. The zero-order valence-electron chi connectivity index (χ0n) is 12.9. The number of rotatable bonds is 3. The molecular weight excluding hydrogens is 318 g/mol. The Labute approximate surface area is 144 Å². The van der Waals surface area contributed by atoms with Gasteiger partial charge in [-0.15, -0.1) is 0 Å². The summed E-state index contributed by atoms with van der Waals surface area (Å²) in [5.74, 6) is 0.156. The maximum atomic E-state index is 13.0. The fraction of sp³-hybridized carbons (Fsp3) is 0. The number of hydrogen-bond donors (Lipinski definition) is 0. The highest BCUT2D eigenvalue weighted by molar-refractivity contribution is 6.33. The monoisotopic (exact) mass is 328 g/mol. The van der Waals surface area contributed by atoms with Gasteiger partial charge in [-0.05, 0) is 35.4 Å². The molecule has 2 radical (unpaired) electrons. The Hall–Kier alpha value is -3.35. The second kappa shape index (κ2) is 6.28. The van der Waals surface area contributed by atoms with Crippen molar-refractivity contribution in [3.05, 3.63) is 66.9 Å². The first-order chi connectivity index (χ1) is 12.2. The van der Waals surface area contributed by atoms with Crippen molar-refractivity contribution in [3.8, 4) is 34.1 Å². The first kappa shape index (κ1) is 15.2. The smallest absolute Gasteiger partial charge is 0.258 e. The summed E-state index contributed by atoms with van der Waals surface area (Å²) in [6.07, 6.45) is 4.56. The quantitative estimate of drug-likeness (QED) is 0.541. The standard InChI is InChI=1S/C18H10BFN4O/c19-14-7-12(11-2-1-5-21-9-11)6-13(8-14)18-23-17(24-25-18)16-4-3-15(20)10-22-16/h1-10H. The average molecular weight is 328 g/mol. The summed E-state index contributed by atoms with van der Waals surface area (Å²) in [6.45, 7) is 0. The van der Waals surface area contributed by atoms with E-state index in [0.717, 1.165) is 17.3 Å². The van der Waals surface area contributed by atoms with Crippen molar-refractivity contribution in [2.75, 3.05) is 0 Å². The number of pyridine rings is 2. The van der Waals surface area contributed by atoms with E-state index in [0.29, 0.717) is 22.6 Å². The molecule has 0 saturated heterocycles. The second-order valence-corrected chi connectivity index (χ2v) is 5.37. The van der Waals surface area contributed by atoms with Crippen LogP contribution in [0.3, 0.4) is 0 Å². The Kier molecular flexibility index (Phi) is 3.82. The van der Waals surface area contributed by atoms with Crippen LogP contribution in [0.15, 0.2) is 65.6 Å². The summed E-state index contributed by atoms with van der Waals surface area (Å²) in [4.78, 5) is 12.4. The molecule has 1 aromatic carbocycles. The second-order valence-electron chi connectivity index (χ2n) is 5.37. The van der Waals surface area contributed by atoms with E-state index >= 15 is 0 Å². The molecule has 0 N–H and O–H groups in total. The van der Waals surface area contributed by atoms with Crippen LogP contribution in [0.2, 0.25) is 0 Å². The maximum absolute atomic E-state index is 13.0. The van der Waals surface area contributed by atoms with Gasteiger partial charge in [-0.3, -0.25) is 4.98 Å². The van der Waals surface area contributed by atoms with Gasteiger partial charge in [-0.2, -0.15) is 4.98 Å². The molecule has 0 unspecified atom stereocenters. The molecule has 7 heteroatoms. The summed E-state index contributed by atoms with van der Waals surface area (Å²) >= 11 is 0. The molecule has 3 aromatic heterocycles. The van der Waals surface area contributed by atoms with Crippen molar-refractivity contribution in [1.29, 1.82) is 0 Å². The molecule has 0 fully saturated rings. The van der Waals surface area contributed by atoms with Crippen LogP contribution in [0.1, 0.15) is 0 Å². The summed E-state index contributed by atoms with van der Waals surface area (Å²) in [6, 6.07) is 12.1. The number of nitrogens with zero attached hydrogens (tertiary/aromatic N) is 4. The van der Waals surface area contributed by atoms with Gasteiger partial charge in [0.2, 0.25) is 5.82 Å². The first-order valence-electron chi connectivity index (χ1n) is 7.46. The van der Waals surface area contributed by atoms with Crippen LogP contribution < -0.4 is 5.46 Å². The maximum Gasteiger partial charge on any atom is 0.258 e. The van der Waals surface area contributed by atoms with E-state index in [1.807, 2.05) is 24.3 Å². The minimum atomic E-state index is -0.426. The Bertz CT molecular complexity index is 1020. The predicted molar refractivity (Wildman–Crippen MR) is 91.5 cm³/mol. The zero-order valence-corrected chi connectivity index (χ0v) is 12.9. The first-order valence-corrected chi connectivity index (χ1v) is 7.46. The van der Waals surface area contributed by atoms with Gasteiger partial charge in [0.15, 0.2) is 0 Å². The molecule has 25 heavy (non-hydrogen) atoms. The lowest BCUT2D eigenvalue weighted by Crippen LogP contribution is -2.02. The van der Waals surface area contributed by atoms with Crippen molar-refractivity contribution in [2.45, 2.75) is 0 Å². The highest BCUT2D eigenvalue weighted by atomic mass is 19.1. The van der Waals surface area contributed by atoms with Crippen LogP contribution in [0.25, 0.3) is 34.1 Å². The van der Waals surface area contributed by atoms with Crippen molar-refractivity contribution in [3.63, 3.8) is 0 Å². The van der Waals surface area contributed by atoms with Gasteiger partial charge in [0.05, 0.1) is 6.20 Å². The van der Waals surface area contributed by atoms with E-state index in [9.17, 15) is 4.39 Å². The molecule has 0 aliphatic heterocycles. The molecule has 0 atom stereocenters. The van der Waals surface area contributed by atoms with Gasteiger partial charge in [0.25, 0.3) is 5.89 Å². The lowest BCUT2D eigenvalue weighted by atomic mass is 9.90. The Morgan fingerprint density at radius 2 is 1.84 bits per heavy atom. The minimum Gasteiger partial charge on any atom is -0.334 e. The largest absolute Gasteiger partial charge is 0.334 e. The molecule has 0 saturated carbocycles. The van der Waals surface area contributed by atoms with Gasteiger partial charge < -0.3 is 4.52 Å². The van der Waals surface area contributed by atoms with Crippen LogP contribution in [-0.2, 0) is 0 Å².